The Morgan fingerprint density at radius 3 is 2.70 bits per heavy atom. The number of H-pyrrole nitrogens is 1. The van der Waals surface area contributed by atoms with Crippen molar-refractivity contribution in [2.75, 3.05) is 26.2 Å². The summed E-state index contributed by atoms with van der Waals surface area (Å²) in [5, 5.41) is 0. The molecule has 0 aromatic carbocycles. The van der Waals surface area contributed by atoms with Crippen molar-refractivity contribution in [3.05, 3.63) is 34.2 Å². The summed E-state index contributed by atoms with van der Waals surface area (Å²) in [5.41, 5.74) is 0.243. The lowest BCUT2D eigenvalue weighted by Gasteiger charge is -2.39. The van der Waals surface area contributed by atoms with E-state index in [2.05, 4.69) is 4.98 Å². The summed E-state index contributed by atoms with van der Waals surface area (Å²) in [6, 6.07) is 2.93. The molecule has 1 N–H and O–H groups in total. The van der Waals surface area contributed by atoms with Gasteiger partial charge in [0.2, 0.25) is 11.5 Å². The van der Waals surface area contributed by atoms with Crippen molar-refractivity contribution in [3.63, 3.8) is 0 Å². The maximum Gasteiger partial charge on any atom is 0.255 e. The largest absolute Gasteiger partial charge is 0.374 e. The number of nitrogens with zero attached hydrogens (tertiary/aromatic N) is 2. The monoisotopic (exact) mass is 319 g/mol. The van der Waals surface area contributed by atoms with Crippen molar-refractivity contribution < 1.29 is 14.3 Å². The topological polar surface area (TPSA) is 82.7 Å². The number of hydrogen-bond donors (Lipinski definition) is 1. The standard InChI is InChI=1S/C16H21N3O4/c1-11(20)19-8-9-23-14-5-7-18(6-4-13(14)19)16(22)12-2-3-15(21)17-10-12/h2-3,10,13-14H,4-9H2,1H3,(H,17,21). The number of fused-ring (bicyclic) bond motifs is 1. The van der Waals surface area contributed by atoms with Gasteiger partial charge in [0.25, 0.3) is 5.91 Å². The molecule has 0 saturated carbocycles. The van der Waals surface area contributed by atoms with Gasteiger partial charge in [0.15, 0.2) is 0 Å². The Bertz CT molecular complexity index is 636. The first-order chi connectivity index (χ1) is 11.1. The van der Waals surface area contributed by atoms with Gasteiger partial charge < -0.3 is 19.5 Å². The highest BCUT2D eigenvalue weighted by Gasteiger charge is 2.36. The van der Waals surface area contributed by atoms with Gasteiger partial charge in [-0.3, -0.25) is 14.4 Å². The second kappa shape index (κ2) is 6.54. The van der Waals surface area contributed by atoms with Crippen LogP contribution in [0.3, 0.4) is 0 Å². The average Bonchev–Trinajstić information content (AvgIpc) is 2.77. The zero-order valence-electron chi connectivity index (χ0n) is 13.2. The molecule has 2 saturated heterocycles. The molecule has 124 valence electrons. The van der Waals surface area contributed by atoms with Crippen LogP contribution < -0.4 is 5.56 Å². The van der Waals surface area contributed by atoms with Gasteiger partial charge in [0, 0.05) is 38.8 Å². The predicted molar refractivity (Wildman–Crippen MR) is 83.1 cm³/mol. The quantitative estimate of drug-likeness (QED) is 0.803. The number of aromatic nitrogens is 1. The van der Waals surface area contributed by atoms with Crippen LogP contribution in [0.4, 0.5) is 0 Å². The molecule has 2 atom stereocenters. The molecule has 1 aromatic heterocycles. The molecule has 7 heteroatoms. The van der Waals surface area contributed by atoms with Gasteiger partial charge >= 0.3 is 0 Å². The Balaban J connectivity index is 1.72. The number of amides is 2. The number of likely N-dealkylation sites (tertiary alicyclic amines) is 1. The van der Waals surface area contributed by atoms with Crippen molar-refractivity contribution in [3.8, 4) is 0 Å². The molecule has 2 amide bonds. The second-order valence-corrected chi connectivity index (χ2v) is 6.00. The fourth-order valence-corrected chi connectivity index (χ4v) is 3.40. The lowest BCUT2D eigenvalue weighted by atomic mass is 10.0. The molecule has 2 aliphatic heterocycles. The zero-order chi connectivity index (χ0) is 16.4. The van der Waals surface area contributed by atoms with Gasteiger partial charge in [-0.1, -0.05) is 0 Å². The van der Waals surface area contributed by atoms with E-state index >= 15 is 0 Å². The first-order valence-electron chi connectivity index (χ1n) is 7.93. The van der Waals surface area contributed by atoms with Gasteiger partial charge in [0.1, 0.15) is 0 Å². The van der Waals surface area contributed by atoms with Gasteiger partial charge in [-0.25, -0.2) is 0 Å². The Morgan fingerprint density at radius 2 is 2.00 bits per heavy atom. The third-order valence-corrected chi connectivity index (χ3v) is 4.59. The van der Waals surface area contributed by atoms with Crippen molar-refractivity contribution >= 4 is 11.8 Å². The predicted octanol–water partition coefficient (Wildman–Crippen LogP) is 0.227. The Hall–Kier alpha value is -2.15. The molecule has 3 heterocycles. The van der Waals surface area contributed by atoms with Crippen LogP contribution in [0.1, 0.15) is 30.1 Å². The fourth-order valence-electron chi connectivity index (χ4n) is 3.40. The highest BCUT2D eigenvalue weighted by atomic mass is 16.5. The summed E-state index contributed by atoms with van der Waals surface area (Å²) in [7, 11) is 0. The number of ether oxygens (including phenoxy) is 1. The van der Waals surface area contributed by atoms with Crippen LogP contribution >= 0.6 is 0 Å². The number of carbonyl (C=O) groups excluding carboxylic acids is 2. The first kappa shape index (κ1) is 15.7. The summed E-state index contributed by atoms with van der Waals surface area (Å²) < 4.78 is 5.81. The molecule has 2 aliphatic rings. The molecule has 2 unspecified atom stereocenters. The van der Waals surface area contributed by atoms with E-state index in [-0.39, 0.29) is 29.5 Å². The van der Waals surface area contributed by atoms with Crippen molar-refractivity contribution in [1.82, 2.24) is 14.8 Å². The highest BCUT2D eigenvalue weighted by molar-refractivity contribution is 5.93. The highest BCUT2D eigenvalue weighted by Crippen LogP contribution is 2.24. The maximum absolute atomic E-state index is 12.6. The minimum atomic E-state index is -0.228. The van der Waals surface area contributed by atoms with Gasteiger partial charge in [-0.2, -0.15) is 0 Å². The summed E-state index contributed by atoms with van der Waals surface area (Å²) >= 11 is 0. The number of carbonyl (C=O) groups is 2. The van der Waals surface area contributed by atoms with E-state index in [1.165, 1.54) is 18.3 Å². The molecule has 3 rings (SSSR count). The SMILES string of the molecule is CC(=O)N1CCOC2CCN(C(=O)c3ccc(=O)[nH]c3)CCC21. The van der Waals surface area contributed by atoms with E-state index in [0.717, 1.165) is 0 Å². The van der Waals surface area contributed by atoms with E-state index in [1.54, 1.807) is 11.8 Å². The van der Waals surface area contributed by atoms with Crippen LogP contribution in [-0.2, 0) is 9.53 Å². The number of hydrogen-bond acceptors (Lipinski definition) is 4. The number of morpholine rings is 1. The minimum absolute atomic E-state index is 0.0129. The van der Waals surface area contributed by atoms with Gasteiger partial charge in [-0.05, 0) is 18.9 Å². The molecule has 1 aromatic rings. The van der Waals surface area contributed by atoms with Crippen LogP contribution in [0, 0.1) is 0 Å². The van der Waals surface area contributed by atoms with E-state index in [0.29, 0.717) is 44.6 Å². The van der Waals surface area contributed by atoms with Crippen molar-refractivity contribution in [2.24, 2.45) is 0 Å². The second-order valence-electron chi connectivity index (χ2n) is 6.00. The molecule has 0 bridgehead atoms. The molecule has 2 fully saturated rings. The Labute approximate surface area is 134 Å². The first-order valence-corrected chi connectivity index (χ1v) is 7.93. The zero-order valence-corrected chi connectivity index (χ0v) is 13.2. The number of nitrogens with one attached hydrogen (secondary N) is 1. The van der Waals surface area contributed by atoms with Gasteiger partial charge in [0.05, 0.1) is 24.3 Å². The third kappa shape index (κ3) is 3.29. The normalized spacial score (nSPS) is 24.7. The molecular weight excluding hydrogens is 298 g/mol. The van der Waals surface area contributed by atoms with E-state index in [9.17, 15) is 14.4 Å². The summed E-state index contributed by atoms with van der Waals surface area (Å²) in [4.78, 5) is 41.6. The van der Waals surface area contributed by atoms with Crippen molar-refractivity contribution in [2.45, 2.75) is 31.9 Å². The molecule has 0 spiro atoms. The van der Waals surface area contributed by atoms with E-state index in [1.807, 2.05) is 4.90 Å². The maximum atomic E-state index is 12.6. The van der Waals surface area contributed by atoms with Crippen LogP contribution in [0.15, 0.2) is 23.1 Å². The van der Waals surface area contributed by atoms with Crippen LogP contribution in [0.25, 0.3) is 0 Å². The summed E-state index contributed by atoms with van der Waals surface area (Å²) in [5.74, 6) is -0.0435. The Morgan fingerprint density at radius 1 is 1.22 bits per heavy atom. The molecular formula is C16H21N3O4. The van der Waals surface area contributed by atoms with Crippen LogP contribution in [0.5, 0.6) is 0 Å². The number of aromatic amines is 1. The summed E-state index contributed by atoms with van der Waals surface area (Å²) in [6.07, 6.45) is 2.85. The summed E-state index contributed by atoms with van der Waals surface area (Å²) in [6.45, 7) is 3.91. The molecule has 0 radical (unpaired) electrons. The minimum Gasteiger partial charge on any atom is -0.374 e. The smallest absolute Gasteiger partial charge is 0.255 e. The van der Waals surface area contributed by atoms with Crippen LogP contribution in [0.2, 0.25) is 0 Å². The average molecular weight is 319 g/mol. The molecule has 0 aliphatic carbocycles. The number of rotatable bonds is 1. The fraction of sp³-hybridized carbons (Fsp3) is 0.562. The van der Waals surface area contributed by atoms with Crippen LogP contribution in [-0.4, -0.2) is 65.0 Å². The lowest BCUT2D eigenvalue weighted by molar-refractivity contribution is -0.144. The Kier molecular flexibility index (Phi) is 4.47. The molecule has 7 nitrogen and oxygen atoms in total. The molecule has 23 heavy (non-hydrogen) atoms. The van der Waals surface area contributed by atoms with E-state index in [4.69, 9.17) is 4.74 Å². The van der Waals surface area contributed by atoms with Gasteiger partial charge in [-0.15, -0.1) is 0 Å². The van der Waals surface area contributed by atoms with Crippen molar-refractivity contribution in [1.29, 1.82) is 0 Å². The lowest BCUT2D eigenvalue weighted by Crippen LogP contribution is -2.52. The van der Waals surface area contributed by atoms with E-state index < -0.39 is 0 Å². The third-order valence-electron chi connectivity index (χ3n) is 4.59. The number of pyridine rings is 1.